The summed E-state index contributed by atoms with van der Waals surface area (Å²) in [5.74, 6) is 1.18. The highest BCUT2D eigenvalue weighted by molar-refractivity contribution is 7.99. The van der Waals surface area contributed by atoms with Gasteiger partial charge in [-0.2, -0.15) is 0 Å². The second-order valence-electron chi connectivity index (χ2n) is 3.49. The Labute approximate surface area is 94.2 Å². The zero-order valence-corrected chi connectivity index (χ0v) is 9.79. The molecule has 2 rings (SSSR count). The van der Waals surface area contributed by atoms with Gasteiger partial charge in [-0.15, -0.1) is 11.8 Å². The monoisotopic (exact) mass is 227 g/mol. The van der Waals surface area contributed by atoms with Gasteiger partial charge in [0.2, 0.25) is 0 Å². The van der Waals surface area contributed by atoms with Crippen molar-refractivity contribution in [3.8, 4) is 0 Å². The molecule has 0 spiro atoms. The number of fused-ring (bicyclic) bond motifs is 1. The maximum Gasteiger partial charge on any atom is 0.0545 e. The van der Waals surface area contributed by atoms with Gasteiger partial charge in [0.25, 0.3) is 0 Å². The predicted octanol–water partition coefficient (Wildman–Crippen LogP) is 3.49. The van der Waals surface area contributed by atoms with Crippen LogP contribution in [0.25, 0.3) is 0 Å². The molecule has 0 bridgehead atoms. The smallest absolute Gasteiger partial charge is 0.0545 e. The molecule has 1 atom stereocenters. The van der Waals surface area contributed by atoms with Crippen molar-refractivity contribution in [2.24, 2.45) is 0 Å². The highest BCUT2D eigenvalue weighted by atomic mass is 35.5. The standard InChI is InChI=1S/C11H14ClNS/c1-13-10-6-3-7-14-11-8(10)4-2-5-9(11)12/h2,4-5,10,13H,3,6-7H2,1H3. The van der Waals surface area contributed by atoms with Gasteiger partial charge in [-0.05, 0) is 37.3 Å². The van der Waals surface area contributed by atoms with E-state index in [4.69, 9.17) is 11.6 Å². The molecule has 3 heteroatoms. The van der Waals surface area contributed by atoms with Gasteiger partial charge in [-0.25, -0.2) is 0 Å². The van der Waals surface area contributed by atoms with Crippen molar-refractivity contribution in [3.05, 3.63) is 28.8 Å². The van der Waals surface area contributed by atoms with E-state index in [-0.39, 0.29) is 0 Å². The molecule has 0 fully saturated rings. The third-order valence-electron chi connectivity index (χ3n) is 2.60. The number of hydrogen-bond acceptors (Lipinski definition) is 2. The molecule has 0 saturated heterocycles. The Morgan fingerprint density at radius 2 is 2.36 bits per heavy atom. The van der Waals surface area contributed by atoms with E-state index in [9.17, 15) is 0 Å². The van der Waals surface area contributed by atoms with E-state index < -0.39 is 0 Å². The Hall–Kier alpha value is -0.180. The molecule has 0 radical (unpaired) electrons. The summed E-state index contributed by atoms with van der Waals surface area (Å²) in [4.78, 5) is 1.27. The molecule has 1 aliphatic heterocycles. The normalized spacial score (nSPS) is 21.4. The van der Waals surface area contributed by atoms with Crippen molar-refractivity contribution >= 4 is 23.4 Å². The summed E-state index contributed by atoms with van der Waals surface area (Å²) in [5, 5.41) is 4.25. The highest BCUT2D eigenvalue weighted by Crippen LogP contribution is 2.38. The van der Waals surface area contributed by atoms with Crippen LogP contribution in [0.3, 0.4) is 0 Å². The van der Waals surface area contributed by atoms with Gasteiger partial charge >= 0.3 is 0 Å². The fraction of sp³-hybridized carbons (Fsp3) is 0.455. The number of rotatable bonds is 1. The second-order valence-corrected chi connectivity index (χ2v) is 5.00. The lowest BCUT2D eigenvalue weighted by molar-refractivity contribution is 0.541. The van der Waals surface area contributed by atoms with Gasteiger partial charge in [0.05, 0.1) is 5.02 Å². The van der Waals surface area contributed by atoms with Crippen molar-refractivity contribution in [2.75, 3.05) is 12.8 Å². The molecule has 14 heavy (non-hydrogen) atoms. The van der Waals surface area contributed by atoms with Gasteiger partial charge in [0, 0.05) is 10.9 Å². The van der Waals surface area contributed by atoms with Crippen LogP contribution in [0.4, 0.5) is 0 Å². The molecule has 76 valence electrons. The third-order valence-corrected chi connectivity index (χ3v) is 4.27. The minimum absolute atomic E-state index is 0.471. The van der Waals surface area contributed by atoms with E-state index >= 15 is 0 Å². The molecular weight excluding hydrogens is 214 g/mol. The molecule has 1 aromatic rings. The predicted molar refractivity (Wildman–Crippen MR) is 63.2 cm³/mol. The largest absolute Gasteiger partial charge is 0.313 e. The molecule has 1 aliphatic rings. The van der Waals surface area contributed by atoms with Crippen LogP contribution < -0.4 is 5.32 Å². The topological polar surface area (TPSA) is 12.0 Å². The maximum atomic E-state index is 6.19. The number of nitrogens with one attached hydrogen (secondary N) is 1. The lowest BCUT2D eigenvalue weighted by atomic mass is 10.0. The zero-order chi connectivity index (χ0) is 9.97. The molecule has 1 heterocycles. The first kappa shape index (κ1) is 10.3. The Bertz CT molecular complexity index is 327. The minimum Gasteiger partial charge on any atom is -0.313 e. The van der Waals surface area contributed by atoms with Gasteiger partial charge < -0.3 is 5.32 Å². The fourth-order valence-electron chi connectivity index (χ4n) is 1.87. The van der Waals surface area contributed by atoms with Crippen molar-refractivity contribution in [1.82, 2.24) is 5.32 Å². The average molecular weight is 228 g/mol. The first-order valence-corrected chi connectivity index (χ1v) is 6.27. The summed E-state index contributed by atoms with van der Waals surface area (Å²) < 4.78 is 0. The maximum absolute atomic E-state index is 6.19. The van der Waals surface area contributed by atoms with Gasteiger partial charge in [-0.1, -0.05) is 23.7 Å². The summed E-state index contributed by atoms with van der Waals surface area (Å²) in [7, 11) is 2.02. The summed E-state index contributed by atoms with van der Waals surface area (Å²) in [5.41, 5.74) is 1.36. The summed E-state index contributed by atoms with van der Waals surface area (Å²) >= 11 is 8.07. The van der Waals surface area contributed by atoms with Crippen LogP contribution in [0.5, 0.6) is 0 Å². The molecule has 0 saturated carbocycles. The lowest BCUT2D eigenvalue weighted by Crippen LogP contribution is -2.16. The summed E-state index contributed by atoms with van der Waals surface area (Å²) in [6.45, 7) is 0. The molecule has 1 N–H and O–H groups in total. The lowest BCUT2D eigenvalue weighted by Gasteiger charge is -2.16. The molecule has 0 aliphatic carbocycles. The van der Waals surface area contributed by atoms with Crippen LogP contribution in [0.1, 0.15) is 24.4 Å². The average Bonchev–Trinajstić information content (AvgIpc) is 2.40. The molecule has 1 unspecified atom stereocenters. The number of thioether (sulfide) groups is 1. The van der Waals surface area contributed by atoms with Crippen molar-refractivity contribution in [1.29, 1.82) is 0 Å². The SMILES string of the molecule is CNC1CCCSc2c(Cl)cccc21. The van der Waals surface area contributed by atoms with Gasteiger partial charge in [0.1, 0.15) is 0 Å². The number of hydrogen-bond donors (Lipinski definition) is 1. The van der Waals surface area contributed by atoms with E-state index in [2.05, 4.69) is 11.4 Å². The van der Waals surface area contributed by atoms with Crippen LogP contribution in [-0.4, -0.2) is 12.8 Å². The van der Waals surface area contributed by atoms with E-state index in [1.54, 1.807) is 0 Å². The second kappa shape index (κ2) is 4.56. The third kappa shape index (κ3) is 1.92. The number of benzene rings is 1. The van der Waals surface area contributed by atoms with Crippen molar-refractivity contribution < 1.29 is 0 Å². The van der Waals surface area contributed by atoms with E-state index in [1.165, 1.54) is 29.1 Å². The molecule has 0 amide bonds. The van der Waals surface area contributed by atoms with Crippen molar-refractivity contribution in [3.63, 3.8) is 0 Å². The molecule has 1 aromatic carbocycles. The molecule has 1 nitrogen and oxygen atoms in total. The van der Waals surface area contributed by atoms with E-state index in [1.807, 2.05) is 30.9 Å². The molecular formula is C11H14ClNS. The Morgan fingerprint density at radius 1 is 1.50 bits per heavy atom. The minimum atomic E-state index is 0.471. The van der Waals surface area contributed by atoms with Gasteiger partial charge in [0.15, 0.2) is 0 Å². The van der Waals surface area contributed by atoms with E-state index in [0.717, 1.165) is 5.02 Å². The Morgan fingerprint density at radius 3 is 3.14 bits per heavy atom. The van der Waals surface area contributed by atoms with E-state index in [0.29, 0.717) is 6.04 Å². The van der Waals surface area contributed by atoms with Crippen LogP contribution in [0.15, 0.2) is 23.1 Å². The summed E-state index contributed by atoms with van der Waals surface area (Å²) in [6, 6.07) is 6.67. The van der Waals surface area contributed by atoms with Gasteiger partial charge in [-0.3, -0.25) is 0 Å². The van der Waals surface area contributed by atoms with Crippen molar-refractivity contribution in [2.45, 2.75) is 23.8 Å². The Kier molecular flexibility index (Phi) is 3.37. The fourth-order valence-corrected chi connectivity index (χ4v) is 3.31. The zero-order valence-electron chi connectivity index (χ0n) is 8.22. The summed E-state index contributed by atoms with van der Waals surface area (Å²) in [6.07, 6.45) is 2.46. The number of halogens is 1. The molecule has 0 aromatic heterocycles. The van der Waals surface area contributed by atoms with Crippen LogP contribution in [0.2, 0.25) is 5.02 Å². The van der Waals surface area contributed by atoms with Crippen LogP contribution in [0, 0.1) is 0 Å². The Balaban J connectivity index is 2.44. The van der Waals surface area contributed by atoms with Crippen LogP contribution in [-0.2, 0) is 0 Å². The first-order valence-electron chi connectivity index (χ1n) is 4.91. The van der Waals surface area contributed by atoms with Crippen LogP contribution >= 0.6 is 23.4 Å². The quantitative estimate of drug-likeness (QED) is 0.789. The highest BCUT2D eigenvalue weighted by Gasteiger charge is 2.18. The first-order chi connectivity index (χ1) is 6.83.